The molecule has 9 heteroatoms. The molecule has 1 rings (SSSR count). The van der Waals surface area contributed by atoms with Gasteiger partial charge in [-0.2, -0.15) is 0 Å². The van der Waals surface area contributed by atoms with Crippen molar-refractivity contribution < 1.29 is 39.8 Å². The number of aliphatic hydroxyl groups is 5. The zero-order valence-electron chi connectivity index (χ0n) is 19.0. The molecule has 1 fully saturated rings. The fourth-order valence-electron chi connectivity index (χ4n) is 3.78. The molecule has 0 saturated carbocycles. The van der Waals surface area contributed by atoms with Gasteiger partial charge in [-0.05, 0) is 6.42 Å². The summed E-state index contributed by atoms with van der Waals surface area (Å²) < 4.78 is 10.8. The number of aliphatic hydroxyl groups excluding tert-OH is 5. The van der Waals surface area contributed by atoms with Crippen molar-refractivity contribution in [2.45, 2.75) is 121 Å². The number of ether oxygens (including phenoxy) is 2. The van der Waals surface area contributed by atoms with E-state index in [0.29, 0.717) is 6.42 Å². The molecular formula is C22H43NO8. The van der Waals surface area contributed by atoms with Gasteiger partial charge in [0.1, 0.15) is 24.4 Å². The van der Waals surface area contributed by atoms with Crippen molar-refractivity contribution in [3.05, 3.63) is 0 Å². The molecule has 0 aliphatic carbocycles. The van der Waals surface area contributed by atoms with Crippen molar-refractivity contribution in [3.63, 3.8) is 0 Å². The highest BCUT2D eigenvalue weighted by Gasteiger charge is 2.44. The van der Waals surface area contributed by atoms with E-state index < -0.39 is 49.5 Å². The first kappa shape index (κ1) is 28.2. The van der Waals surface area contributed by atoms with Crippen molar-refractivity contribution in [2.75, 3.05) is 13.2 Å². The summed E-state index contributed by atoms with van der Waals surface area (Å²) in [4.78, 5) is 11.5. The van der Waals surface area contributed by atoms with Crippen molar-refractivity contribution >= 4 is 5.91 Å². The van der Waals surface area contributed by atoms with Gasteiger partial charge in [0.05, 0.1) is 25.4 Å². The van der Waals surface area contributed by atoms with Gasteiger partial charge >= 0.3 is 0 Å². The Hall–Kier alpha value is -0.810. The molecule has 0 aromatic carbocycles. The Morgan fingerprint density at radius 1 is 0.968 bits per heavy atom. The molecule has 0 radical (unpaired) electrons. The van der Waals surface area contributed by atoms with Crippen LogP contribution in [0.2, 0.25) is 0 Å². The van der Waals surface area contributed by atoms with Crippen LogP contribution >= 0.6 is 0 Å². The van der Waals surface area contributed by atoms with E-state index in [1.807, 2.05) is 0 Å². The summed E-state index contributed by atoms with van der Waals surface area (Å²) in [5.41, 5.74) is 0. The van der Waals surface area contributed by atoms with Gasteiger partial charge < -0.3 is 40.3 Å². The van der Waals surface area contributed by atoms with Crippen LogP contribution in [0.3, 0.4) is 0 Å². The van der Waals surface area contributed by atoms with Gasteiger partial charge in [-0.3, -0.25) is 4.79 Å². The molecule has 0 bridgehead atoms. The lowest BCUT2D eigenvalue weighted by Gasteiger charge is -2.40. The number of hydrogen-bond acceptors (Lipinski definition) is 8. The highest BCUT2D eigenvalue weighted by molar-refractivity contribution is 5.73. The highest BCUT2D eigenvalue weighted by atomic mass is 16.7. The van der Waals surface area contributed by atoms with E-state index in [4.69, 9.17) is 9.47 Å². The summed E-state index contributed by atoms with van der Waals surface area (Å²) in [6.45, 7) is 2.84. The Labute approximate surface area is 185 Å². The van der Waals surface area contributed by atoms with Crippen LogP contribution in [-0.2, 0) is 14.3 Å². The van der Waals surface area contributed by atoms with Gasteiger partial charge in [0.2, 0.25) is 5.91 Å². The second-order valence-electron chi connectivity index (χ2n) is 8.52. The smallest absolute Gasteiger partial charge is 0.217 e. The minimum atomic E-state index is -1.54. The quantitative estimate of drug-likeness (QED) is 0.188. The van der Waals surface area contributed by atoms with Crippen LogP contribution in [0.4, 0.5) is 0 Å². The van der Waals surface area contributed by atoms with E-state index in [-0.39, 0.29) is 12.5 Å². The molecule has 0 aromatic heterocycles. The third-order valence-corrected chi connectivity index (χ3v) is 5.75. The lowest BCUT2D eigenvalue weighted by Crippen LogP contribution is -2.60. The zero-order valence-corrected chi connectivity index (χ0v) is 19.0. The lowest BCUT2D eigenvalue weighted by atomic mass is 9.99. The average Bonchev–Trinajstić information content (AvgIpc) is 2.74. The minimum Gasteiger partial charge on any atom is -0.394 e. The summed E-state index contributed by atoms with van der Waals surface area (Å²) in [6, 6.07) is -0.709. The van der Waals surface area contributed by atoms with Gasteiger partial charge in [-0.1, -0.05) is 64.7 Å². The molecular weight excluding hydrogens is 406 g/mol. The number of carbonyl (C=O) groups is 1. The van der Waals surface area contributed by atoms with Gasteiger partial charge in [-0.15, -0.1) is 0 Å². The van der Waals surface area contributed by atoms with Crippen LogP contribution in [0, 0.1) is 0 Å². The topological polar surface area (TPSA) is 149 Å². The third kappa shape index (κ3) is 10.6. The number of nitrogens with one attached hydrogen (secondary N) is 1. The van der Waals surface area contributed by atoms with Crippen LogP contribution in [0.15, 0.2) is 0 Å². The molecule has 1 saturated heterocycles. The third-order valence-electron chi connectivity index (χ3n) is 5.75. The number of hydrogen-bond donors (Lipinski definition) is 6. The Morgan fingerprint density at radius 3 is 2.10 bits per heavy atom. The predicted molar refractivity (Wildman–Crippen MR) is 115 cm³/mol. The van der Waals surface area contributed by atoms with E-state index in [2.05, 4.69) is 12.2 Å². The molecule has 1 amide bonds. The van der Waals surface area contributed by atoms with Crippen LogP contribution in [-0.4, -0.2) is 87.5 Å². The van der Waals surface area contributed by atoms with E-state index in [0.717, 1.165) is 19.3 Å². The molecule has 6 N–H and O–H groups in total. The maximum Gasteiger partial charge on any atom is 0.217 e. The maximum absolute atomic E-state index is 11.5. The molecule has 1 heterocycles. The fraction of sp³-hybridized carbons (Fsp3) is 0.955. The molecule has 184 valence electrons. The Bertz CT molecular complexity index is 478. The normalized spacial score (nSPS) is 28.3. The summed E-state index contributed by atoms with van der Waals surface area (Å²) in [5.74, 6) is -0.325. The first-order valence-corrected chi connectivity index (χ1v) is 11.7. The van der Waals surface area contributed by atoms with Crippen molar-refractivity contribution in [3.8, 4) is 0 Å². The zero-order chi connectivity index (χ0) is 23.2. The molecule has 1 aliphatic rings. The fourth-order valence-corrected chi connectivity index (χ4v) is 3.78. The van der Waals surface area contributed by atoms with Gasteiger partial charge in [0.25, 0.3) is 0 Å². The van der Waals surface area contributed by atoms with Gasteiger partial charge in [0, 0.05) is 6.92 Å². The predicted octanol–water partition coefficient (Wildman–Crippen LogP) is 0.589. The van der Waals surface area contributed by atoms with Gasteiger partial charge in [-0.25, -0.2) is 0 Å². The Kier molecular flexibility index (Phi) is 14.5. The lowest BCUT2D eigenvalue weighted by molar-refractivity contribution is -0.302. The Morgan fingerprint density at radius 2 is 1.55 bits per heavy atom. The van der Waals surface area contributed by atoms with Crippen molar-refractivity contribution in [2.24, 2.45) is 0 Å². The summed E-state index contributed by atoms with van der Waals surface area (Å²) in [6.07, 6.45) is 3.24. The second kappa shape index (κ2) is 15.9. The highest BCUT2D eigenvalue weighted by Crippen LogP contribution is 2.22. The van der Waals surface area contributed by atoms with E-state index in [9.17, 15) is 30.3 Å². The summed E-state index contributed by atoms with van der Waals surface area (Å²) in [5, 5.41) is 52.1. The number of amides is 1. The minimum absolute atomic E-state index is 0.152. The summed E-state index contributed by atoms with van der Waals surface area (Å²) in [7, 11) is 0. The maximum atomic E-state index is 11.5. The molecule has 7 unspecified atom stereocenters. The van der Waals surface area contributed by atoms with E-state index >= 15 is 0 Å². The number of carbonyl (C=O) groups excluding carboxylic acids is 1. The summed E-state index contributed by atoms with van der Waals surface area (Å²) >= 11 is 0. The molecule has 1 aliphatic heterocycles. The Balaban J connectivity index is 2.39. The van der Waals surface area contributed by atoms with Crippen molar-refractivity contribution in [1.29, 1.82) is 0 Å². The van der Waals surface area contributed by atoms with Gasteiger partial charge in [0.15, 0.2) is 6.29 Å². The second-order valence-corrected chi connectivity index (χ2v) is 8.52. The standard InChI is InChI=1S/C22H43NO8/c1-3-4-5-6-7-8-9-10-11-12-17(26)16(23-15(2)25)14-30-22-21(29)20(28)19(27)18(13-24)31-22/h16-22,24,26-29H,3-14H2,1-2H3,(H,23,25). The van der Waals surface area contributed by atoms with Crippen LogP contribution in [0.5, 0.6) is 0 Å². The first-order chi connectivity index (χ1) is 14.8. The van der Waals surface area contributed by atoms with Crippen molar-refractivity contribution in [1.82, 2.24) is 5.32 Å². The monoisotopic (exact) mass is 449 g/mol. The van der Waals surface area contributed by atoms with E-state index in [1.54, 1.807) is 0 Å². The van der Waals surface area contributed by atoms with E-state index in [1.165, 1.54) is 45.4 Å². The average molecular weight is 450 g/mol. The SMILES string of the molecule is CCCCCCCCCCCC(O)C(COC1OC(CO)C(O)C(O)C1O)NC(C)=O. The number of rotatable bonds is 16. The van der Waals surface area contributed by atoms with Crippen LogP contribution < -0.4 is 5.32 Å². The molecule has 0 aromatic rings. The molecule has 0 spiro atoms. The molecule has 9 nitrogen and oxygen atoms in total. The first-order valence-electron chi connectivity index (χ1n) is 11.7. The van der Waals surface area contributed by atoms with Crippen LogP contribution in [0.1, 0.15) is 78.1 Å². The largest absolute Gasteiger partial charge is 0.394 e. The molecule has 7 atom stereocenters. The number of unbranched alkanes of at least 4 members (excludes halogenated alkanes) is 8. The van der Waals surface area contributed by atoms with Crippen LogP contribution in [0.25, 0.3) is 0 Å². The molecule has 31 heavy (non-hydrogen) atoms.